The van der Waals surface area contributed by atoms with Gasteiger partial charge in [-0.25, -0.2) is 4.98 Å². The van der Waals surface area contributed by atoms with Crippen molar-refractivity contribution in [2.24, 2.45) is 0 Å². The summed E-state index contributed by atoms with van der Waals surface area (Å²) in [5.74, 6) is 0. The van der Waals surface area contributed by atoms with E-state index in [1.54, 1.807) is 11.3 Å². The molecular formula is C15H19ClN2O2S. The maximum absolute atomic E-state index is 9.84. The van der Waals surface area contributed by atoms with Crippen LogP contribution in [-0.2, 0) is 17.9 Å². The van der Waals surface area contributed by atoms with Gasteiger partial charge >= 0.3 is 0 Å². The molecule has 0 aliphatic rings. The molecule has 1 heterocycles. The van der Waals surface area contributed by atoms with E-state index in [4.69, 9.17) is 16.3 Å². The van der Waals surface area contributed by atoms with Crippen molar-refractivity contribution < 1.29 is 9.84 Å². The van der Waals surface area contributed by atoms with E-state index in [-0.39, 0.29) is 6.61 Å². The average Bonchev–Trinajstić information content (AvgIpc) is 2.87. The molecule has 114 valence electrons. The van der Waals surface area contributed by atoms with Crippen LogP contribution in [0, 0.1) is 6.92 Å². The van der Waals surface area contributed by atoms with Gasteiger partial charge in [0.25, 0.3) is 0 Å². The minimum atomic E-state index is -0.549. The largest absolute Gasteiger partial charge is 0.389 e. The Labute approximate surface area is 133 Å². The number of ether oxygens (including phenoxy) is 1. The first-order valence-corrected chi connectivity index (χ1v) is 8.02. The molecule has 2 N–H and O–H groups in total. The molecule has 1 aromatic heterocycles. The Bertz CT molecular complexity index is 562. The molecule has 0 spiro atoms. The molecule has 0 radical (unpaired) electrons. The summed E-state index contributed by atoms with van der Waals surface area (Å²) in [6.07, 6.45) is -0.549. The summed E-state index contributed by atoms with van der Waals surface area (Å²) in [5.41, 5.74) is 1.93. The molecule has 0 aliphatic carbocycles. The zero-order valence-electron chi connectivity index (χ0n) is 11.9. The lowest BCUT2D eigenvalue weighted by Gasteiger charge is -2.12. The molecule has 0 saturated heterocycles. The molecule has 2 aromatic rings. The molecule has 0 aliphatic heterocycles. The predicted molar refractivity (Wildman–Crippen MR) is 85.7 cm³/mol. The quantitative estimate of drug-likeness (QED) is 0.783. The van der Waals surface area contributed by atoms with Gasteiger partial charge in [0.2, 0.25) is 0 Å². The average molecular weight is 327 g/mol. The Morgan fingerprint density at radius 3 is 2.95 bits per heavy atom. The maximum atomic E-state index is 9.84. The number of aliphatic hydroxyl groups is 1. The van der Waals surface area contributed by atoms with Crippen LogP contribution in [-0.4, -0.2) is 29.3 Å². The Morgan fingerprint density at radius 2 is 2.24 bits per heavy atom. The molecule has 1 unspecified atom stereocenters. The van der Waals surface area contributed by atoms with Crippen LogP contribution >= 0.6 is 22.9 Å². The van der Waals surface area contributed by atoms with Crippen LogP contribution in [0.25, 0.3) is 0 Å². The first kappa shape index (κ1) is 16.4. The van der Waals surface area contributed by atoms with Crippen molar-refractivity contribution in [3.05, 3.63) is 50.9 Å². The molecular weight excluding hydrogens is 308 g/mol. The van der Waals surface area contributed by atoms with Crippen LogP contribution in [0.5, 0.6) is 0 Å². The van der Waals surface area contributed by atoms with Gasteiger partial charge in [0, 0.05) is 23.5 Å². The van der Waals surface area contributed by atoms with Gasteiger partial charge in [0.05, 0.1) is 30.0 Å². The van der Waals surface area contributed by atoms with Crippen LogP contribution in [0.3, 0.4) is 0 Å². The Kier molecular flexibility index (Phi) is 6.60. The number of hydrogen-bond acceptors (Lipinski definition) is 5. The van der Waals surface area contributed by atoms with Crippen molar-refractivity contribution in [1.29, 1.82) is 0 Å². The van der Waals surface area contributed by atoms with Crippen LogP contribution in [0.15, 0.2) is 29.6 Å². The van der Waals surface area contributed by atoms with Crippen molar-refractivity contribution >= 4 is 22.9 Å². The third-order valence-electron chi connectivity index (χ3n) is 2.88. The number of aromatic nitrogens is 1. The minimum Gasteiger partial charge on any atom is -0.389 e. The fourth-order valence-corrected chi connectivity index (χ4v) is 2.64. The predicted octanol–water partition coefficient (Wildman–Crippen LogP) is 2.77. The second kappa shape index (κ2) is 8.46. The highest BCUT2D eigenvalue weighted by Gasteiger charge is 2.06. The number of aryl methyl sites for hydroxylation is 1. The number of thiazole rings is 1. The third-order valence-corrected chi connectivity index (χ3v) is 4.07. The highest BCUT2D eigenvalue weighted by Crippen LogP contribution is 2.15. The van der Waals surface area contributed by atoms with Gasteiger partial charge in [-0.2, -0.15) is 0 Å². The first-order valence-electron chi connectivity index (χ1n) is 6.76. The molecule has 1 atom stereocenters. The van der Waals surface area contributed by atoms with Crippen molar-refractivity contribution in [1.82, 2.24) is 10.3 Å². The molecule has 4 nitrogen and oxygen atoms in total. The monoisotopic (exact) mass is 326 g/mol. The normalized spacial score (nSPS) is 12.5. The number of hydrogen-bond donors (Lipinski definition) is 2. The molecule has 21 heavy (non-hydrogen) atoms. The second-order valence-corrected chi connectivity index (χ2v) is 6.22. The first-order chi connectivity index (χ1) is 10.1. The van der Waals surface area contributed by atoms with E-state index < -0.39 is 6.10 Å². The maximum Gasteiger partial charge on any atom is 0.0897 e. The summed E-state index contributed by atoms with van der Waals surface area (Å²) in [6.45, 7) is 3.78. The van der Waals surface area contributed by atoms with Crippen molar-refractivity contribution in [3.63, 3.8) is 0 Å². The molecule has 6 heteroatoms. The SMILES string of the molecule is Cc1nc(CNCC(O)COCc2ccccc2Cl)cs1. The highest BCUT2D eigenvalue weighted by molar-refractivity contribution is 7.09. The number of halogens is 1. The van der Waals surface area contributed by atoms with Gasteiger partial charge in [-0.1, -0.05) is 29.8 Å². The van der Waals surface area contributed by atoms with E-state index in [2.05, 4.69) is 10.3 Å². The Balaban J connectivity index is 1.61. The van der Waals surface area contributed by atoms with Crippen molar-refractivity contribution in [2.75, 3.05) is 13.2 Å². The molecule has 1 aromatic carbocycles. The fraction of sp³-hybridized carbons (Fsp3) is 0.400. The number of rotatable bonds is 8. The molecule has 0 amide bonds. The van der Waals surface area contributed by atoms with Gasteiger partial charge in [-0.3, -0.25) is 0 Å². The van der Waals surface area contributed by atoms with Crippen molar-refractivity contribution in [3.8, 4) is 0 Å². The lowest BCUT2D eigenvalue weighted by Crippen LogP contribution is -2.30. The zero-order chi connectivity index (χ0) is 15.1. The number of nitrogens with one attached hydrogen (secondary N) is 1. The number of aliphatic hydroxyl groups excluding tert-OH is 1. The summed E-state index contributed by atoms with van der Waals surface area (Å²) >= 11 is 7.66. The molecule has 0 fully saturated rings. The van der Waals surface area contributed by atoms with E-state index in [1.807, 2.05) is 36.6 Å². The van der Waals surface area contributed by atoms with Crippen LogP contribution < -0.4 is 5.32 Å². The lowest BCUT2D eigenvalue weighted by atomic mass is 10.2. The van der Waals surface area contributed by atoms with E-state index >= 15 is 0 Å². The summed E-state index contributed by atoms with van der Waals surface area (Å²) < 4.78 is 5.48. The third kappa shape index (κ3) is 5.73. The van der Waals surface area contributed by atoms with Gasteiger partial charge in [-0.15, -0.1) is 11.3 Å². The van der Waals surface area contributed by atoms with Crippen molar-refractivity contribution in [2.45, 2.75) is 26.2 Å². The van der Waals surface area contributed by atoms with Crippen LogP contribution in [0.2, 0.25) is 5.02 Å². The smallest absolute Gasteiger partial charge is 0.0897 e. The number of nitrogens with zero attached hydrogens (tertiary/aromatic N) is 1. The molecule has 0 bridgehead atoms. The van der Waals surface area contributed by atoms with E-state index in [0.717, 1.165) is 16.3 Å². The Hall–Kier alpha value is -0.980. The van der Waals surface area contributed by atoms with Gasteiger partial charge in [0.1, 0.15) is 0 Å². The van der Waals surface area contributed by atoms with E-state index in [0.29, 0.717) is 24.7 Å². The molecule has 2 rings (SSSR count). The Morgan fingerprint density at radius 1 is 1.43 bits per heavy atom. The number of benzene rings is 1. The van der Waals surface area contributed by atoms with E-state index in [1.165, 1.54) is 0 Å². The summed E-state index contributed by atoms with van der Waals surface area (Å²) in [7, 11) is 0. The van der Waals surface area contributed by atoms with Crippen LogP contribution in [0.1, 0.15) is 16.3 Å². The zero-order valence-corrected chi connectivity index (χ0v) is 13.5. The highest BCUT2D eigenvalue weighted by atomic mass is 35.5. The summed E-state index contributed by atoms with van der Waals surface area (Å²) in [4.78, 5) is 4.35. The van der Waals surface area contributed by atoms with Crippen LogP contribution in [0.4, 0.5) is 0 Å². The lowest BCUT2D eigenvalue weighted by molar-refractivity contribution is 0.0287. The van der Waals surface area contributed by atoms with Gasteiger partial charge < -0.3 is 15.2 Å². The topological polar surface area (TPSA) is 54.4 Å². The summed E-state index contributed by atoms with van der Waals surface area (Å²) in [6, 6.07) is 7.54. The minimum absolute atomic E-state index is 0.272. The summed E-state index contributed by atoms with van der Waals surface area (Å²) in [5, 5.41) is 16.8. The van der Waals surface area contributed by atoms with Gasteiger partial charge in [-0.05, 0) is 18.6 Å². The van der Waals surface area contributed by atoms with Gasteiger partial charge in [0.15, 0.2) is 0 Å². The van der Waals surface area contributed by atoms with E-state index in [9.17, 15) is 5.11 Å². The molecule has 0 saturated carbocycles. The second-order valence-electron chi connectivity index (χ2n) is 4.75. The standard InChI is InChI=1S/C15H19ClN2O2S/c1-11-18-13(10-21-11)6-17-7-14(19)9-20-8-12-4-2-3-5-15(12)16/h2-5,10,14,17,19H,6-9H2,1H3. The fourth-order valence-electron chi connectivity index (χ4n) is 1.84.